The maximum absolute atomic E-state index is 12.6. The highest BCUT2D eigenvalue weighted by molar-refractivity contribution is 5.98. The summed E-state index contributed by atoms with van der Waals surface area (Å²) < 4.78 is 4.88. The molecule has 6 heteroatoms. The van der Waals surface area contributed by atoms with Crippen molar-refractivity contribution in [3.63, 3.8) is 0 Å². The maximum atomic E-state index is 12.6. The fourth-order valence-corrected chi connectivity index (χ4v) is 4.24. The van der Waals surface area contributed by atoms with Gasteiger partial charge in [0.15, 0.2) is 5.78 Å². The van der Waals surface area contributed by atoms with Crippen molar-refractivity contribution in [2.45, 2.75) is 44.6 Å². The number of ketones is 1. The summed E-state index contributed by atoms with van der Waals surface area (Å²) >= 11 is 0. The molecule has 1 heterocycles. The Balaban J connectivity index is 1.37. The second-order valence-corrected chi connectivity index (χ2v) is 7.97. The van der Waals surface area contributed by atoms with Crippen molar-refractivity contribution in [1.29, 1.82) is 0 Å². The van der Waals surface area contributed by atoms with Crippen LogP contribution < -0.4 is 5.32 Å². The van der Waals surface area contributed by atoms with E-state index in [0.29, 0.717) is 12.0 Å². The van der Waals surface area contributed by atoms with Gasteiger partial charge in [-0.2, -0.15) is 0 Å². The van der Waals surface area contributed by atoms with Crippen LogP contribution in [-0.4, -0.2) is 35.8 Å². The second-order valence-electron chi connectivity index (χ2n) is 7.97. The first kappa shape index (κ1) is 20.8. The number of H-pyrrole nitrogens is 1. The molecule has 0 fully saturated rings. The third kappa shape index (κ3) is 4.68. The first-order valence-electron chi connectivity index (χ1n) is 10.6. The van der Waals surface area contributed by atoms with Crippen LogP contribution in [0.25, 0.3) is 10.9 Å². The molecule has 0 saturated heterocycles. The molecule has 1 unspecified atom stereocenters. The van der Waals surface area contributed by atoms with E-state index < -0.39 is 12.0 Å². The van der Waals surface area contributed by atoms with Crippen LogP contribution in [0.1, 0.15) is 46.3 Å². The molecule has 0 radical (unpaired) electrons. The molecule has 2 aromatic carbocycles. The smallest absolute Gasteiger partial charge is 0.328 e. The number of aryl methyl sites for hydroxylation is 2. The summed E-state index contributed by atoms with van der Waals surface area (Å²) in [6.45, 7) is 0. The molecule has 0 bridgehead atoms. The highest BCUT2D eigenvalue weighted by Crippen LogP contribution is 2.23. The average molecular weight is 418 g/mol. The molecule has 2 N–H and O–H groups in total. The van der Waals surface area contributed by atoms with Crippen molar-refractivity contribution in [1.82, 2.24) is 10.3 Å². The Hall–Kier alpha value is -3.41. The number of Topliss-reactive ketones (excluding diaryl/α,β-unsaturated/α-hetero) is 1. The van der Waals surface area contributed by atoms with E-state index in [1.807, 2.05) is 48.7 Å². The van der Waals surface area contributed by atoms with Crippen molar-refractivity contribution >= 4 is 28.6 Å². The molecule has 1 aliphatic carbocycles. The van der Waals surface area contributed by atoms with E-state index in [9.17, 15) is 14.4 Å². The van der Waals surface area contributed by atoms with Gasteiger partial charge in [-0.15, -0.1) is 0 Å². The zero-order valence-corrected chi connectivity index (χ0v) is 17.6. The first-order chi connectivity index (χ1) is 15.0. The fraction of sp³-hybridized carbons (Fsp3) is 0.320. The highest BCUT2D eigenvalue weighted by Gasteiger charge is 2.24. The van der Waals surface area contributed by atoms with Gasteiger partial charge in [-0.25, -0.2) is 4.79 Å². The minimum absolute atomic E-state index is 0.0251. The second kappa shape index (κ2) is 9.16. The van der Waals surface area contributed by atoms with Crippen molar-refractivity contribution in [2.75, 3.05) is 7.11 Å². The van der Waals surface area contributed by atoms with E-state index in [0.717, 1.165) is 35.7 Å². The number of nitrogens with one attached hydrogen (secondary N) is 2. The van der Waals surface area contributed by atoms with Gasteiger partial charge in [-0.3, -0.25) is 9.59 Å². The number of fused-ring (bicyclic) bond motifs is 2. The van der Waals surface area contributed by atoms with E-state index in [4.69, 9.17) is 4.74 Å². The van der Waals surface area contributed by atoms with Gasteiger partial charge in [0.2, 0.25) is 5.91 Å². The van der Waals surface area contributed by atoms with Gasteiger partial charge in [0.25, 0.3) is 0 Å². The van der Waals surface area contributed by atoms with E-state index in [2.05, 4.69) is 10.3 Å². The Kier molecular flexibility index (Phi) is 6.16. The molecule has 1 aromatic heterocycles. The van der Waals surface area contributed by atoms with Crippen molar-refractivity contribution in [3.05, 3.63) is 70.9 Å². The summed E-state index contributed by atoms with van der Waals surface area (Å²) in [7, 11) is 1.30. The number of rotatable bonds is 8. The Labute approximate surface area is 181 Å². The van der Waals surface area contributed by atoms with Crippen LogP contribution in [0.15, 0.2) is 48.7 Å². The molecule has 6 nitrogen and oxygen atoms in total. The number of aromatic amines is 1. The quantitative estimate of drug-likeness (QED) is 0.433. The number of esters is 1. The normalized spacial score (nSPS) is 13.6. The number of amides is 1. The lowest BCUT2D eigenvalue weighted by molar-refractivity contribution is -0.145. The van der Waals surface area contributed by atoms with Gasteiger partial charge in [0.1, 0.15) is 6.04 Å². The van der Waals surface area contributed by atoms with Crippen molar-refractivity contribution < 1.29 is 19.1 Å². The molecule has 1 aliphatic rings. The lowest BCUT2D eigenvalue weighted by Gasteiger charge is -2.16. The summed E-state index contributed by atoms with van der Waals surface area (Å²) in [6, 6.07) is 12.8. The Bertz CT molecular complexity index is 1130. The number of carbonyl (C=O) groups excluding carboxylic acids is 3. The first-order valence-corrected chi connectivity index (χ1v) is 10.6. The van der Waals surface area contributed by atoms with Gasteiger partial charge in [-0.05, 0) is 48.1 Å². The van der Waals surface area contributed by atoms with Gasteiger partial charge in [0, 0.05) is 41.9 Å². The molecule has 3 aromatic rings. The molecule has 160 valence electrons. The van der Waals surface area contributed by atoms with Gasteiger partial charge >= 0.3 is 5.97 Å². The van der Waals surface area contributed by atoms with Crippen molar-refractivity contribution in [3.8, 4) is 0 Å². The molecule has 4 rings (SSSR count). The highest BCUT2D eigenvalue weighted by atomic mass is 16.5. The number of carbonyl (C=O) groups is 3. The zero-order valence-electron chi connectivity index (χ0n) is 17.6. The van der Waals surface area contributed by atoms with Gasteiger partial charge in [-0.1, -0.05) is 30.3 Å². The topological polar surface area (TPSA) is 88.3 Å². The molecular formula is C25H26N2O4. The van der Waals surface area contributed by atoms with Crippen LogP contribution in [0.2, 0.25) is 0 Å². The van der Waals surface area contributed by atoms with Crippen molar-refractivity contribution in [2.24, 2.45) is 0 Å². The number of hydrogen-bond acceptors (Lipinski definition) is 4. The van der Waals surface area contributed by atoms with E-state index >= 15 is 0 Å². The number of benzene rings is 2. The fourth-order valence-electron chi connectivity index (χ4n) is 4.24. The van der Waals surface area contributed by atoms with Crippen LogP contribution in [0.4, 0.5) is 0 Å². The van der Waals surface area contributed by atoms with Crippen LogP contribution >= 0.6 is 0 Å². The van der Waals surface area contributed by atoms with Gasteiger partial charge in [0.05, 0.1) is 7.11 Å². The monoisotopic (exact) mass is 418 g/mol. The Morgan fingerprint density at radius 3 is 2.71 bits per heavy atom. The number of ether oxygens (including phenoxy) is 1. The molecule has 31 heavy (non-hydrogen) atoms. The molecule has 0 aliphatic heterocycles. The predicted octanol–water partition coefficient (Wildman–Crippen LogP) is 3.52. The number of hydrogen-bond donors (Lipinski definition) is 2. The maximum Gasteiger partial charge on any atom is 0.328 e. The molecule has 1 atom stereocenters. The largest absolute Gasteiger partial charge is 0.467 e. The molecule has 0 spiro atoms. The molecule has 0 saturated carbocycles. The Morgan fingerprint density at radius 1 is 1.06 bits per heavy atom. The lowest BCUT2D eigenvalue weighted by atomic mass is 10.0. The number of methoxy groups -OCH3 is 1. The minimum atomic E-state index is -0.813. The zero-order chi connectivity index (χ0) is 21.8. The summed E-state index contributed by atoms with van der Waals surface area (Å²) in [5, 5.41) is 3.74. The van der Waals surface area contributed by atoms with Gasteiger partial charge < -0.3 is 15.0 Å². The van der Waals surface area contributed by atoms with E-state index in [1.54, 1.807) is 0 Å². The Morgan fingerprint density at radius 2 is 1.87 bits per heavy atom. The lowest BCUT2D eigenvalue weighted by Crippen LogP contribution is -2.43. The van der Waals surface area contributed by atoms with Crippen LogP contribution in [0.3, 0.4) is 0 Å². The van der Waals surface area contributed by atoms with E-state index in [-0.39, 0.29) is 24.5 Å². The summed E-state index contributed by atoms with van der Waals surface area (Å²) in [5.41, 5.74) is 5.08. The standard InChI is InChI=1S/C25H26N2O4/c1-31-25(30)22(14-19-15-26-21-8-3-2-7-20(19)21)27-24(29)12-11-23(28)18-10-9-16-5-4-6-17(16)13-18/h2-3,7-10,13,15,22,26H,4-6,11-12,14H2,1H3,(H,27,29). The molecule has 1 amide bonds. The summed E-state index contributed by atoms with van der Waals surface area (Å²) in [5.74, 6) is -0.913. The van der Waals surface area contributed by atoms with Crippen LogP contribution in [0, 0.1) is 0 Å². The predicted molar refractivity (Wildman–Crippen MR) is 118 cm³/mol. The third-order valence-corrected chi connectivity index (χ3v) is 5.92. The number of aromatic nitrogens is 1. The average Bonchev–Trinajstić information content (AvgIpc) is 3.43. The summed E-state index contributed by atoms with van der Waals surface area (Å²) in [4.78, 5) is 40.5. The van der Waals surface area contributed by atoms with Crippen LogP contribution in [-0.2, 0) is 33.6 Å². The number of para-hydroxylation sites is 1. The third-order valence-electron chi connectivity index (χ3n) is 5.92. The SMILES string of the molecule is COC(=O)C(Cc1c[nH]c2ccccc12)NC(=O)CCC(=O)c1ccc2c(c1)CCC2. The summed E-state index contributed by atoms with van der Waals surface area (Å²) in [6.07, 6.45) is 5.47. The van der Waals surface area contributed by atoms with E-state index in [1.165, 1.54) is 18.2 Å². The molecular weight excluding hydrogens is 392 g/mol. The van der Waals surface area contributed by atoms with Crippen LogP contribution in [0.5, 0.6) is 0 Å². The minimum Gasteiger partial charge on any atom is -0.467 e.